The summed E-state index contributed by atoms with van der Waals surface area (Å²) in [4.78, 5) is 11.8. The summed E-state index contributed by atoms with van der Waals surface area (Å²) in [5.41, 5.74) is 1.15. The number of hydrogen-bond acceptors (Lipinski definition) is 4. The summed E-state index contributed by atoms with van der Waals surface area (Å²) in [5.74, 6) is 0.879. The van der Waals surface area contributed by atoms with Crippen molar-refractivity contribution in [1.29, 1.82) is 0 Å². The second kappa shape index (κ2) is 9.78. The van der Waals surface area contributed by atoms with Crippen LogP contribution in [0.25, 0.3) is 0 Å². The molecule has 0 saturated carbocycles. The fraction of sp³-hybridized carbons (Fsp3) is 0.550. The van der Waals surface area contributed by atoms with Crippen LogP contribution in [0.15, 0.2) is 29.4 Å². The fourth-order valence-corrected chi connectivity index (χ4v) is 4.83. The molecule has 0 bridgehead atoms. The van der Waals surface area contributed by atoms with Gasteiger partial charge in [0.25, 0.3) is 0 Å². The van der Waals surface area contributed by atoms with Crippen molar-refractivity contribution in [2.45, 2.75) is 19.5 Å². The summed E-state index contributed by atoms with van der Waals surface area (Å²) in [6, 6.07) is 6.77. The second-order valence-electron chi connectivity index (χ2n) is 7.16. The number of nitrogens with one attached hydrogen (secondary N) is 1. The molecule has 0 spiro atoms. The smallest absolute Gasteiger partial charge is 0.193 e. The maximum Gasteiger partial charge on any atom is 0.193 e. The van der Waals surface area contributed by atoms with Crippen LogP contribution in [0, 0.1) is 6.92 Å². The van der Waals surface area contributed by atoms with Crippen LogP contribution in [0.2, 0.25) is 5.02 Å². The van der Waals surface area contributed by atoms with E-state index in [1.165, 1.54) is 9.75 Å². The van der Waals surface area contributed by atoms with Crippen LogP contribution in [0.4, 0.5) is 0 Å². The molecule has 0 aromatic carbocycles. The van der Waals surface area contributed by atoms with E-state index in [1.54, 1.807) is 0 Å². The number of guanidine groups is 1. The number of nitrogens with zero attached hydrogens (tertiary/aromatic N) is 4. The number of thiophene rings is 1. The Morgan fingerprint density at radius 1 is 1.39 bits per heavy atom. The normalized spacial score (nSPS) is 17.0. The van der Waals surface area contributed by atoms with Gasteiger partial charge < -0.3 is 19.5 Å². The molecule has 8 heteroatoms. The van der Waals surface area contributed by atoms with Crippen molar-refractivity contribution in [1.82, 2.24) is 19.7 Å². The molecular formula is C20H30ClN5OS. The molecule has 1 fully saturated rings. The van der Waals surface area contributed by atoms with Gasteiger partial charge in [0.1, 0.15) is 0 Å². The molecule has 28 heavy (non-hydrogen) atoms. The van der Waals surface area contributed by atoms with Gasteiger partial charge in [-0.25, -0.2) is 0 Å². The number of morpholine rings is 1. The number of aryl methyl sites for hydroxylation is 2. The van der Waals surface area contributed by atoms with Gasteiger partial charge in [-0.1, -0.05) is 11.6 Å². The predicted octanol–water partition coefficient (Wildman–Crippen LogP) is 3.13. The summed E-state index contributed by atoms with van der Waals surface area (Å²) >= 11 is 7.99. The van der Waals surface area contributed by atoms with Gasteiger partial charge in [0.2, 0.25) is 0 Å². The van der Waals surface area contributed by atoms with Crippen molar-refractivity contribution in [3.8, 4) is 0 Å². The van der Waals surface area contributed by atoms with Crippen LogP contribution in [0.5, 0.6) is 0 Å². The summed E-state index contributed by atoms with van der Waals surface area (Å²) in [5, 5.41) is 4.34. The van der Waals surface area contributed by atoms with Gasteiger partial charge in [-0.2, -0.15) is 0 Å². The van der Waals surface area contributed by atoms with Gasteiger partial charge >= 0.3 is 0 Å². The standard InChI is InChI=1S/C20H30ClN5OS/c1-15-5-6-19(28-15)18(26-7-9-27-10-8-26)12-23-20(22-2)25(4)14-17-11-16(21)13-24(17)3/h5-6,11,13,18H,7-10,12,14H2,1-4H3,(H,22,23). The van der Waals surface area contributed by atoms with E-state index in [9.17, 15) is 0 Å². The third-order valence-electron chi connectivity index (χ3n) is 5.08. The first-order valence-corrected chi connectivity index (χ1v) is 10.8. The predicted molar refractivity (Wildman–Crippen MR) is 117 cm³/mol. The largest absolute Gasteiger partial charge is 0.379 e. The number of rotatable bonds is 6. The number of ether oxygens (including phenoxy) is 1. The molecule has 1 aliphatic rings. The Hall–Kier alpha value is -1.54. The number of halogens is 1. The van der Waals surface area contributed by atoms with Crippen molar-refractivity contribution in [2.75, 3.05) is 46.9 Å². The van der Waals surface area contributed by atoms with Crippen molar-refractivity contribution in [2.24, 2.45) is 12.0 Å². The van der Waals surface area contributed by atoms with E-state index in [0.717, 1.165) is 56.1 Å². The molecule has 1 atom stereocenters. The number of hydrogen-bond donors (Lipinski definition) is 1. The highest BCUT2D eigenvalue weighted by atomic mass is 35.5. The molecule has 2 aromatic heterocycles. The third kappa shape index (κ3) is 5.29. The molecular weight excluding hydrogens is 394 g/mol. The van der Waals surface area contributed by atoms with Gasteiger partial charge in [0, 0.05) is 62.4 Å². The van der Waals surface area contributed by atoms with Crippen molar-refractivity contribution < 1.29 is 4.74 Å². The van der Waals surface area contributed by atoms with Crippen LogP contribution >= 0.6 is 22.9 Å². The first-order valence-electron chi connectivity index (χ1n) is 9.58. The van der Waals surface area contributed by atoms with Gasteiger partial charge in [-0.3, -0.25) is 9.89 Å². The van der Waals surface area contributed by atoms with Crippen molar-refractivity contribution >= 4 is 28.9 Å². The zero-order valence-electron chi connectivity index (χ0n) is 17.1. The first-order chi connectivity index (χ1) is 13.5. The Balaban J connectivity index is 1.67. The molecule has 1 N–H and O–H groups in total. The Labute approximate surface area is 176 Å². The van der Waals surface area contributed by atoms with Crippen LogP contribution < -0.4 is 5.32 Å². The SMILES string of the molecule is CN=C(NCC(c1ccc(C)s1)N1CCOCC1)N(C)Cc1cc(Cl)cn1C. The molecule has 6 nitrogen and oxygen atoms in total. The van der Waals surface area contributed by atoms with Gasteiger partial charge in [-0.05, 0) is 25.1 Å². The number of aromatic nitrogens is 1. The van der Waals surface area contributed by atoms with E-state index in [0.29, 0.717) is 6.04 Å². The highest BCUT2D eigenvalue weighted by Crippen LogP contribution is 2.28. The quantitative estimate of drug-likeness (QED) is 0.572. The summed E-state index contributed by atoms with van der Waals surface area (Å²) < 4.78 is 7.60. The zero-order chi connectivity index (χ0) is 20.1. The summed E-state index contributed by atoms with van der Waals surface area (Å²) in [6.07, 6.45) is 1.93. The third-order valence-corrected chi connectivity index (χ3v) is 6.39. The first kappa shape index (κ1) is 21.2. The molecule has 1 unspecified atom stereocenters. The molecule has 1 saturated heterocycles. The van der Waals surface area contributed by atoms with Gasteiger partial charge in [0.15, 0.2) is 5.96 Å². The topological polar surface area (TPSA) is 45.0 Å². The van der Waals surface area contributed by atoms with E-state index in [2.05, 4.69) is 50.8 Å². The van der Waals surface area contributed by atoms with Gasteiger partial charge in [0.05, 0.1) is 30.8 Å². The van der Waals surface area contributed by atoms with E-state index in [4.69, 9.17) is 16.3 Å². The molecule has 2 aromatic rings. The minimum Gasteiger partial charge on any atom is -0.379 e. The van der Waals surface area contributed by atoms with Crippen LogP contribution in [0.3, 0.4) is 0 Å². The lowest BCUT2D eigenvalue weighted by Gasteiger charge is -2.35. The van der Waals surface area contributed by atoms with Crippen LogP contribution in [-0.2, 0) is 18.3 Å². The highest BCUT2D eigenvalue weighted by Gasteiger charge is 2.24. The zero-order valence-corrected chi connectivity index (χ0v) is 18.7. The lowest BCUT2D eigenvalue weighted by Crippen LogP contribution is -2.46. The Kier molecular flexibility index (Phi) is 7.40. The molecule has 3 heterocycles. The van der Waals surface area contributed by atoms with Crippen LogP contribution in [-0.4, -0.2) is 67.3 Å². The summed E-state index contributed by atoms with van der Waals surface area (Å²) in [6.45, 7) is 7.22. The molecule has 0 amide bonds. The van der Waals surface area contributed by atoms with Gasteiger partial charge in [-0.15, -0.1) is 11.3 Å². The number of aliphatic imine (C=N–C) groups is 1. The molecule has 154 valence electrons. The van der Waals surface area contributed by atoms with Crippen molar-refractivity contribution in [3.05, 3.63) is 44.9 Å². The molecule has 0 radical (unpaired) electrons. The molecule has 3 rings (SSSR count). The van der Waals surface area contributed by atoms with Crippen molar-refractivity contribution in [3.63, 3.8) is 0 Å². The van der Waals surface area contributed by atoms with Crippen LogP contribution in [0.1, 0.15) is 21.5 Å². The lowest BCUT2D eigenvalue weighted by molar-refractivity contribution is 0.0176. The minimum absolute atomic E-state index is 0.317. The highest BCUT2D eigenvalue weighted by molar-refractivity contribution is 7.12. The monoisotopic (exact) mass is 423 g/mol. The Morgan fingerprint density at radius 3 is 2.71 bits per heavy atom. The maximum atomic E-state index is 6.12. The minimum atomic E-state index is 0.317. The van der Waals surface area contributed by atoms with E-state index in [1.807, 2.05) is 37.7 Å². The van der Waals surface area contributed by atoms with E-state index >= 15 is 0 Å². The summed E-state index contributed by atoms with van der Waals surface area (Å²) in [7, 11) is 5.89. The Morgan fingerprint density at radius 2 is 2.14 bits per heavy atom. The Bertz CT molecular complexity index is 796. The molecule has 0 aliphatic carbocycles. The average Bonchev–Trinajstić information content (AvgIpc) is 3.24. The van der Waals surface area contributed by atoms with E-state index in [-0.39, 0.29) is 0 Å². The lowest BCUT2D eigenvalue weighted by atomic mass is 10.2. The van der Waals surface area contributed by atoms with E-state index < -0.39 is 0 Å². The maximum absolute atomic E-state index is 6.12. The molecule has 1 aliphatic heterocycles. The fourth-order valence-electron chi connectivity index (χ4n) is 3.55. The average molecular weight is 424 g/mol. The second-order valence-corrected chi connectivity index (χ2v) is 8.91.